The number of hydrogen-bond donors (Lipinski definition) is 2. The summed E-state index contributed by atoms with van der Waals surface area (Å²) in [5.41, 5.74) is 4.82. The molecule has 3 N–H and O–H groups in total. The first-order valence-electron chi connectivity index (χ1n) is 1.76. The van der Waals surface area contributed by atoms with Crippen LogP contribution in [0.3, 0.4) is 0 Å². The molecule has 0 fully saturated rings. The van der Waals surface area contributed by atoms with Crippen molar-refractivity contribution in [3.05, 3.63) is 12.7 Å². The fraction of sp³-hybridized carbons (Fsp3) is 0. The number of aliphatic imine (C=N–C) groups is 1. The van der Waals surface area contributed by atoms with Crippen LogP contribution in [0.15, 0.2) is 17.6 Å². The second-order valence-electron chi connectivity index (χ2n) is 0.899. The molecule has 0 saturated heterocycles. The molecule has 0 aromatic heterocycles. The SMILES string of the molecule is C=CC=NC(=N)N. The molecule has 0 aromatic rings. The van der Waals surface area contributed by atoms with Crippen molar-refractivity contribution in [2.24, 2.45) is 10.7 Å². The van der Waals surface area contributed by atoms with Gasteiger partial charge in [0, 0.05) is 6.21 Å². The summed E-state index contributed by atoms with van der Waals surface area (Å²) >= 11 is 0. The molecule has 0 unspecified atom stereocenters. The maximum atomic E-state index is 6.53. The van der Waals surface area contributed by atoms with Gasteiger partial charge in [-0.15, -0.1) is 0 Å². The van der Waals surface area contributed by atoms with E-state index in [4.69, 9.17) is 11.1 Å². The van der Waals surface area contributed by atoms with Gasteiger partial charge in [0.05, 0.1) is 0 Å². The monoisotopic (exact) mass is 97.1 g/mol. The van der Waals surface area contributed by atoms with Gasteiger partial charge in [0.15, 0.2) is 0 Å². The first kappa shape index (κ1) is 5.88. The standard InChI is InChI=1S/C4H7N3/c1-2-3-7-4(5)6/h2-3H,1H2,(H3,5,6). The van der Waals surface area contributed by atoms with Gasteiger partial charge in [0.25, 0.3) is 0 Å². The van der Waals surface area contributed by atoms with Crippen LogP contribution in [0.2, 0.25) is 0 Å². The van der Waals surface area contributed by atoms with Gasteiger partial charge in [0.1, 0.15) is 0 Å². The Balaban J connectivity index is 3.46. The van der Waals surface area contributed by atoms with Crippen molar-refractivity contribution in [2.75, 3.05) is 0 Å². The first-order valence-corrected chi connectivity index (χ1v) is 1.76. The van der Waals surface area contributed by atoms with E-state index in [9.17, 15) is 0 Å². The van der Waals surface area contributed by atoms with Crippen molar-refractivity contribution >= 4 is 12.2 Å². The zero-order valence-corrected chi connectivity index (χ0v) is 3.89. The van der Waals surface area contributed by atoms with Crippen LogP contribution in [0.25, 0.3) is 0 Å². The number of rotatable bonds is 1. The van der Waals surface area contributed by atoms with Crippen LogP contribution in [0, 0.1) is 5.41 Å². The van der Waals surface area contributed by atoms with Gasteiger partial charge in [-0.25, -0.2) is 4.99 Å². The van der Waals surface area contributed by atoms with Gasteiger partial charge in [-0.05, 0) is 0 Å². The van der Waals surface area contributed by atoms with E-state index >= 15 is 0 Å². The molecule has 0 atom stereocenters. The number of guanidine groups is 1. The quantitative estimate of drug-likeness (QED) is 0.354. The molecule has 0 amide bonds. The van der Waals surface area contributed by atoms with Crippen molar-refractivity contribution < 1.29 is 0 Å². The average Bonchev–Trinajstić information content (AvgIpc) is 1.61. The van der Waals surface area contributed by atoms with E-state index in [1.807, 2.05) is 0 Å². The predicted molar refractivity (Wildman–Crippen MR) is 30.6 cm³/mol. The number of hydrogen-bond acceptors (Lipinski definition) is 1. The highest BCUT2D eigenvalue weighted by Crippen LogP contribution is 1.59. The summed E-state index contributed by atoms with van der Waals surface area (Å²) < 4.78 is 0. The summed E-state index contributed by atoms with van der Waals surface area (Å²) in [5.74, 6) is -0.195. The molecule has 0 rings (SSSR count). The summed E-state index contributed by atoms with van der Waals surface area (Å²) in [4.78, 5) is 3.36. The second kappa shape index (κ2) is 3.08. The molecule has 0 aliphatic rings. The van der Waals surface area contributed by atoms with E-state index < -0.39 is 0 Å². The van der Waals surface area contributed by atoms with Crippen LogP contribution < -0.4 is 5.73 Å². The van der Waals surface area contributed by atoms with Crippen LogP contribution in [0.5, 0.6) is 0 Å². The van der Waals surface area contributed by atoms with Gasteiger partial charge in [-0.1, -0.05) is 12.7 Å². The number of nitrogens with zero attached hydrogens (tertiary/aromatic N) is 1. The van der Waals surface area contributed by atoms with Gasteiger partial charge >= 0.3 is 0 Å². The Labute approximate surface area is 42.1 Å². The van der Waals surface area contributed by atoms with Crippen LogP contribution in [-0.4, -0.2) is 12.2 Å². The normalized spacial score (nSPS) is 9.14. The minimum atomic E-state index is -0.195. The number of allylic oxidation sites excluding steroid dienone is 1. The van der Waals surface area contributed by atoms with E-state index in [0.717, 1.165) is 0 Å². The van der Waals surface area contributed by atoms with E-state index in [1.165, 1.54) is 12.3 Å². The molecule has 0 saturated carbocycles. The lowest BCUT2D eigenvalue weighted by molar-refractivity contribution is 1.39. The van der Waals surface area contributed by atoms with E-state index in [1.54, 1.807) is 0 Å². The Hall–Kier alpha value is -1.12. The molecule has 0 bridgehead atoms. The smallest absolute Gasteiger partial charge is 0.212 e. The van der Waals surface area contributed by atoms with Crippen molar-refractivity contribution in [2.45, 2.75) is 0 Å². The van der Waals surface area contributed by atoms with E-state index in [-0.39, 0.29) is 5.96 Å². The molecular weight excluding hydrogens is 90.1 g/mol. The minimum Gasteiger partial charge on any atom is -0.368 e. The highest BCUT2D eigenvalue weighted by Gasteiger charge is 1.68. The highest BCUT2D eigenvalue weighted by molar-refractivity contribution is 5.87. The Bertz CT molecular complexity index is 104. The van der Waals surface area contributed by atoms with Gasteiger partial charge in [-0.2, -0.15) is 0 Å². The van der Waals surface area contributed by atoms with Crippen molar-refractivity contribution in [3.63, 3.8) is 0 Å². The van der Waals surface area contributed by atoms with Crippen LogP contribution in [0.1, 0.15) is 0 Å². The van der Waals surface area contributed by atoms with Crippen molar-refractivity contribution in [1.82, 2.24) is 0 Å². The summed E-state index contributed by atoms with van der Waals surface area (Å²) in [5, 5.41) is 6.53. The van der Waals surface area contributed by atoms with Gasteiger partial charge < -0.3 is 5.73 Å². The highest BCUT2D eigenvalue weighted by atomic mass is 14.9. The maximum absolute atomic E-state index is 6.53. The van der Waals surface area contributed by atoms with Crippen LogP contribution in [0.4, 0.5) is 0 Å². The maximum Gasteiger partial charge on any atom is 0.212 e. The zero-order valence-electron chi connectivity index (χ0n) is 3.89. The molecule has 0 aliphatic heterocycles. The summed E-state index contributed by atoms with van der Waals surface area (Å²) in [7, 11) is 0. The minimum absolute atomic E-state index is 0.195. The Kier molecular flexibility index (Phi) is 2.59. The molecule has 3 heteroatoms. The van der Waals surface area contributed by atoms with E-state index in [2.05, 4.69) is 11.6 Å². The fourth-order valence-corrected chi connectivity index (χ4v) is 0.133. The Morgan fingerprint density at radius 3 is 2.57 bits per heavy atom. The molecule has 0 heterocycles. The molecule has 38 valence electrons. The van der Waals surface area contributed by atoms with Gasteiger partial charge in [-0.3, -0.25) is 5.41 Å². The van der Waals surface area contributed by atoms with Crippen LogP contribution >= 0.6 is 0 Å². The average molecular weight is 97.1 g/mol. The van der Waals surface area contributed by atoms with E-state index in [0.29, 0.717) is 0 Å². The molecular formula is C4H7N3. The lowest BCUT2D eigenvalue weighted by atomic mass is 10.7. The predicted octanol–water partition coefficient (Wildman–Crippen LogP) is 0.137. The Morgan fingerprint density at radius 2 is 2.43 bits per heavy atom. The lowest BCUT2D eigenvalue weighted by Gasteiger charge is -1.76. The molecule has 7 heavy (non-hydrogen) atoms. The first-order chi connectivity index (χ1) is 3.27. The topological polar surface area (TPSA) is 62.2 Å². The third-order valence-corrected chi connectivity index (χ3v) is 0.319. The molecule has 0 aliphatic carbocycles. The molecule has 3 nitrogen and oxygen atoms in total. The molecule has 0 spiro atoms. The second-order valence-corrected chi connectivity index (χ2v) is 0.899. The van der Waals surface area contributed by atoms with Crippen molar-refractivity contribution in [1.29, 1.82) is 5.41 Å². The third kappa shape index (κ3) is 4.88. The largest absolute Gasteiger partial charge is 0.368 e. The molecule has 0 radical (unpaired) electrons. The fourth-order valence-electron chi connectivity index (χ4n) is 0.133. The van der Waals surface area contributed by atoms with Crippen LogP contribution in [-0.2, 0) is 0 Å². The summed E-state index contributed by atoms with van der Waals surface area (Å²) in [6.07, 6.45) is 2.82. The lowest BCUT2D eigenvalue weighted by Crippen LogP contribution is -2.04. The summed E-state index contributed by atoms with van der Waals surface area (Å²) in [6, 6.07) is 0. The van der Waals surface area contributed by atoms with Crippen molar-refractivity contribution in [3.8, 4) is 0 Å². The number of nitrogens with two attached hydrogens (primary N) is 1. The number of nitrogens with one attached hydrogen (secondary N) is 1. The summed E-state index contributed by atoms with van der Waals surface area (Å²) in [6.45, 7) is 3.33. The Morgan fingerprint density at radius 1 is 1.86 bits per heavy atom. The third-order valence-electron chi connectivity index (χ3n) is 0.319. The van der Waals surface area contributed by atoms with Gasteiger partial charge in [0.2, 0.25) is 5.96 Å². The molecule has 0 aromatic carbocycles. The zero-order chi connectivity index (χ0) is 5.70.